The Labute approximate surface area is 125 Å². The number of pyridine rings is 1. The predicted molar refractivity (Wildman–Crippen MR) is 75.2 cm³/mol. The van der Waals surface area contributed by atoms with E-state index in [0.717, 1.165) is 11.3 Å². The number of ketones is 2. The van der Waals surface area contributed by atoms with Gasteiger partial charge in [-0.1, -0.05) is 6.07 Å². The average molecular weight is 296 g/mol. The SMILES string of the molecule is O=C(Cc1cocc1Cc1ccccn1)C(=O)c1nc[nH]n1. The van der Waals surface area contributed by atoms with Crippen LogP contribution >= 0.6 is 0 Å². The molecule has 22 heavy (non-hydrogen) atoms. The van der Waals surface area contributed by atoms with Crippen LogP contribution in [0.3, 0.4) is 0 Å². The molecule has 3 aromatic rings. The Morgan fingerprint density at radius 1 is 1.14 bits per heavy atom. The first-order valence-corrected chi connectivity index (χ1v) is 6.61. The number of carbonyl (C=O) groups is 2. The Kier molecular flexibility index (Phi) is 3.86. The zero-order chi connectivity index (χ0) is 15.4. The molecule has 0 fully saturated rings. The molecule has 7 nitrogen and oxygen atoms in total. The number of aromatic amines is 1. The minimum absolute atomic E-state index is 0.0496. The molecule has 7 heteroatoms. The first-order chi connectivity index (χ1) is 10.7. The number of rotatable bonds is 6. The third-order valence-electron chi connectivity index (χ3n) is 3.15. The second-order valence-electron chi connectivity index (χ2n) is 4.67. The van der Waals surface area contributed by atoms with Gasteiger partial charge in [0.1, 0.15) is 6.33 Å². The summed E-state index contributed by atoms with van der Waals surface area (Å²) in [7, 11) is 0. The molecule has 0 bridgehead atoms. The van der Waals surface area contributed by atoms with Crippen molar-refractivity contribution in [2.24, 2.45) is 0 Å². The van der Waals surface area contributed by atoms with Crippen molar-refractivity contribution < 1.29 is 14.0 Å². The van der Waals surface area contributed by atoms with Crippen LogP contribution in [0.2, 0.25) is 0 Å². The molecule has 0 spiro atoms. The maximum atomic E-state index is 12.0. The van der Waals surface area contributed by atoms with Crippen LogP contribution in [0.5, 0.6) is 0 Å². The number of aromatic nitrogens is 4. The van der Waals surface area contributed by atoms with Crippen LogP contribution in [0.15, 0.2) is 47.7 Å². The van der Waals surface area contributed by atoms with Crippen molar-refractivity contribution in [1.29, 1.82) is 0 Å². The van der Waals surface area contributed by atoms with E-state index in [1.807, 2.05) is 18.2 Å². The highest BCUT2D eigenvalue weighted by molar-refractivity contribution is 6.43. The standard InChI is InChI=1S/C15H12N4O3/c20-13(14(21)15-17-9-18-19-15)6-11-8-22-7-10(11)5-12-3-1-2-4-16-12/h1-4,7-9H,5-6H2,(H,17,18,19). The third-order valence-corrected chi connectivity index (χ3v) is 3.15. The molecule has 0 aliphatic rings. The zero-order valence-corrected chi connectivity index (χ0v) is 11.5. The van der Waals surface area contributed by atoms with Gasteiger partial charge in [0.2, 0.25) is 11.6 Å². The van der Waals surface area contributed by atoms with Crippen LogP contribution in [-0.2, 0) is 17.6 Å². The molecule has 0 aromatic carbocycles. The van der Waals surface area contributed by atoms with Gasteiger partial charge in [-0.25, -0.2) is 4.98 Å². The summed E-state index contributed by atoms with van der Waals surface area (Å²) < 4.78 is 5.16. The zero-order valence-electron chi connectivity index (χ0n) is 11.5. The molecule has 3 heterocycles. The topological polar surface area (TPSA) is 102 Å². The molecule has 0 radical (unpaired) electrons. The molecule has 0 unspecified atom stereocenters. The molecular formula is C15H12N4O3. The fourth-order valence-corrected chi connectivity index (χ4v) is 2.05. The van der Waals surface area contributed by atoms with Gasteiger partial charge in [-0.2, -0.15) is 0 Å². The quantitative estimate of drug-likeness (QED) is 0.544. The van der Waals surface area contributed by atoms with E-state index in [2.05, 4.69) is 20.2 Å². The number of H-pyrrole nitrogens is 1. The highest BCUT2D eigenvalue weighted by Crippen LogP contribution is 2.16. The van der Waals surface area contributed by atoms with Crippen molar-refractivity contribution >= 4 is 11.6 Å². The van der Waals surface area contributed by atoms with Gasteiger partial charge in [-0.3, -0.25) is 19.7 Å². The van der Waals surface area contributed by atoms with E-state index in [1.54, 1.807) is 12.5 Å². The van der Waals surface area contributed by atoms with Gasteiger partial charge in [0.05, 0.1) is 12.5 Å². The molecule has 0 saturated carbocycles. The Bertz CT molecular complexity index is 778. The van der Waals surface area contributed by atoms with E-state index >= 15 is 0 Å². The first-order valence-electron chi connectivity index (χ1n) is 6.61. The van der Waals surface area contributed by atoms with Crippen molar-refractivity contribution in [1.82, 2.24) is 20.2 Å². The van der Waals surface area contributed by atoms with Crippen LogP contribution < -0.4 is 0 Å². The largest absolute Gasteiger partial charge is 0.472 e. The number of nitrogens with zero attached hydrogens (tertiary/aromatic N) is 3. The lowest BCUT2D eigenvalue weighted by molar-refractivity contribution is -0.114. The Balaban J connectivity index is 1.72. The van der Waals surface area contributed by atoms with Crippen LogP contribution in [0.25, 0.3) is 0 Å². The molecule has 0 aliphatic carbocycles. The first kappa shape index (κ1) is 13.9. The second-order valence-corrected chi connectivity index (χ2v) is 4.67. The highest BCUT2D eigenvalue weighted by atomic mass is 16.3. The van der Waals surface area contributed by atoms with Crippen LogP contribution in [0, 0.1) is 0 Å². The minimum Gasteiger partial charge on any atom is -0.472 e. The molecule has 3 aromatic heterocycles. The van der Waals surface area contributed by atoms with Crippen LogP contribution in [0.1, 0.15) is 27.4 Å². The van der Waals surface area contributed by atoms with E-state index in [9.17, 15) is 9.59 Å². The molecule has 110 valence electrons. The lowest BCUT2D eigenvalue weighted by Crippen LogP contribution is -2.18. The van der Waals surface area contributed by atoms with E-state index in [-0.39, 0.29) is 12.2 Å². The Hall–Kier alpha value is -3.09. The van der Waals surface area contributed by atoms with Gasteiger partial charge >= 0.3 is 0 Å². The third kappa shape index (κ3) is 2.98. The van der Waals surface area contributed by atoms with E-state index in [1.165, 1.54) is 12.6 Å². The fraction of sp³-hybridized carbons (Fsp3) is 0.133. The van der Waals surface area contributed by atoms with Crippen LogP contribution in [0.4, 0.5) is 0 Å². The van der Waals surface area contributed by atoms with Gasteiger partial charge in [0, 0.05) is 30.3 Å². The van der Waals surface area contributed by atoms with Gasteiger partial charge in [-0.15, -0.1) is 5.10 Å². The Morgan fingerprint density at radius 3 is 2.73 bits per heavy atom. The Morgan fingerprint density at radius 2 is 2.00 bits per heavy atom. The van der Waals surface area contributed by atoms with Gasteiger partial charge in [-0.05, 0) is 17.7 Å². The average Bonchev–Trinajstić information content (AvgIpc) is 3.20. The number of nitrogens with one attached hydrogen (secondary N) is 1. The number of furan rings is 1. The van der Waals surface area contributed by atoms with E-state index in [0.29, 0.717) is 12.0 Å². The van der Waals surface area contributed by atoms with E-state index in [4.69, 9.17) is 4.42 Å². The molecule has 0 atom stereocenters. The van der Waals surface area contributed by atoms with Gasteiger partial charge < -0.3 is 4.42 Å². The summed E-state index contributed by atoms with van der Waals surface area (Å²) in [6.45, 7) is 0. The maximum absolute atomic E-state index is 12.0. The molecule has 0 aliphatic heterocycles. The van der Waals surface area contributed by atoms with Crippen molar-refractivity contribution in [3.63, 3.8) is 0 Å². The van der Waals surface area contributed by atoms with Crippen LogP contribution in [-0.4, -0.2) is 31.7 Å². The predicted octanol–water partition coefficient (Wildman–Crippen LogP) is 1.38. The summed E-state index contributed by atoms with van der Waals surface area (Å²) in [5.41, 5.74) is 2.35. The van der Waals surface area contributed by atoms with E-state index < -0.39 is 11.6 Å². The molecule has 1 N–H and O–H groups in total. The highest BCUT2D eigenvalue weighted by Gasteiger charge is 2.21. The number of hydrogen-bond donors (Lipinski definition) is 1. The normalized spacial score (nSPS) is 10.5. The van der Waals surface area contributed by atoms with Gasteiger partial charge in [0.25, 0.3) is 5.78 Å². The summed E-state index contributed by atoms with van der Waals surface area (Å²) in [6.07, 6.45) is 6.48. The summed E-state index contributed by atoms with van der Waals surface area (Å²) in [5, 5.41) is 6.02. The fourth-order valence-electron chi connectivity index (χ4n) is 2.05. The van der Waals surface area contributed by atoms with Crippen molar-refractivity contribution in [2.45, 2.75) is 12.8 Å². The lowest BCUT2D eigenvalue weighted by Gasteiger charge is -2.01. The second kappa shape index (κ2) is 6.13. The van der Waals surface area contributed by atoms with Gasteiger partial charge in [0.15, 0.2) is 0 Å². The number of Topliss-reactive ketones (excluding diaryl/α,β-unsaturated/α-hetero) is 2. The molecular weight excluding hydrogens is 284 g/mol. The van der Waals surface area contributed by atoms with Crippen molar-refractivity contribution in [3.8, 4) is 0 Å². The summed E-state index contributed by atoms with van der Waals surface area (Å²) in [6, 6.07) is 5.61. The number of hydrogen-bond acceptors (Lipinski definition) is 6. The lowest BCUT2D eigenvalue weighted by atomic mass is 10.0. The molecule has 0 amide bonds. The van der Waals surface area contributed by atoms with Crippen molar-refractivity contribution in [2.75, 3.05) is 0 Å². The minimum atomic E-state index is -0.716. The van der Waals surface area contributed by atoms with Crippen molar-refractivity contribution in [3.05, 3.63) is 65.9 Å². The summed E-state index contributed by atoms with van der Waals surface area (Å²) in [5.74, 6) is -1.42. The molecule has 0 saturated heterocycles. The maximum Gasteiger partial charge on any atom is 0.267 e. The number of carbonyl (C=O) groups excluding carboxylic acids is 2. The monoisotopic (exact) mass is 296 g/mol. The molecule has 3 rings (SSSR count). The smallest absolute Gasteiger partial charge is 0.267 e. The summed E-state index contributed by atoms with van der Waals surface area (Å²) in [4.78, 5) is 31.8. The summed E-state index contributed by atoms with van der Waals surface area (Å²) >= 11 is 0.